The average Bonchev–Trinajstić information content (AvgIpc) is 2.47. The van der Waals surface area contributed by atoms with Crippen molar-refractivity contribution in [3.05, 3.63) is 35.9 Å². The first-order valence-corrected chi connectivity index (χ1v) is 7.24. The highest BCUT2D eigenvalue weighted by molar-refractivity contribution is 6.22. The van der Waals surface area contributed by atoms with Gasteiger partial charge in [0, 0.05) is 5.92 Å². The highest BCUT2D eigenvalue weighted by Gasteiger charge is 2.56. The maximum atomic E-state index is 12.5. The molecule has 6 heteroatoms. The Balaban J connectivity index is 3.61. The summed E-state index contributed by atoms with van der Waals surface area (Å²) in [6, 6.07) is 8.20. The van der Waals surface area contributed by atoms with E-state index in [1.165, 1.54) is 0 Å². The Bertz CT molecular complexity index is 591. The predicted molar refractivity (Wildman–Crippen MR) is 81.9 cm³/mol. The minimum atomic E-state index is -2.16. The Hall–Kier alpha value is -2.50. The minimum Gasteiger partial charge on any atom is -0.481 e. The van der Waals surface area contributed by atoms with E-state index in [2.05, 4.69) is 0 Å². The van der Waals surface area contributed by atoms with Crippen molar-refractivity contribution >= 4 is 23.5 Å². The molecule has 0 fully saturated rings. The van der Waals surface area contributed by atoms with Crippen LogP contribution in [-0.4, -0.2) is 35.2 Å². The summed E-state index contributed by atoms with van der Waals surface area (Å²) >= 11 is 0. The van der Waals surface area contributed by atoms with Crippen LogP contribution in [0.3, 0.4) is 0 Å². The fraction of sp³-hybridized carbons (Fsp3) is 0.412. The topological polar surface area (TPSA) is 97.7 Å². The van der Waals surface area contributed by atoms with Gasteiger partial charge in [-0.3, -0.25) is 19.2 Å². The molecule has 0 aliphatic rings. The van der Waals surface area contributed by atoms with Gasteiger partial charge in [0.05, 0.1) is 13.0 Å². The smallest absolute Gasteiger partial charge is 0.327 e. The van der Waals surface area contributed by atoms with Gasteiger partial charge in [-0.05, 0) is 26.3 Å². The third kappa shape index (κ3) is 3.64. The van der Waals surface area contributed by atoms with Gasteiger partial charge in [-0.1, -0.05) is 30.3 Å². The fourth-order valence-corrected chi connectivity index (χ4v) is 2.79. The third-order valence-electron chi connectivity index (χ3n) is 3.81. The van der Waals surface area contributed by atoms with Gasteiger partial charge >= 0.3 is 11.9 Å². The molecule has 0 radical (unpaired) electrons. The zero-order valence-corrected chi connectivity index (χ0v) is 13.4. The normalized spacial score (nSPS) is 12.3. The quantitative estimate of drug-likeness (QED) is 0.581. The summed E-state index contributed by atoms with van der Waals surface area (Å²) in [6.07, 6.45) is -0.540. The van der Waals surface area contributed by atoms with Gasteiger partial charge in [-0.25, -0.2) is 0 Å². The number of aliphatic carboxylic acids is 1. The van der Waals surface area contributed by atoms with Crippen LogP contribution < -0.4 is 0 Å². The van der Waals surface area contributed by atoms with Crippen molar-refractivity contribution in [3.8, 4) is 0 Å². The second-order valence-corrected chi connectivity index (χ2v) is 5.20. The van der Waals surface area contributed by atoms with E-state index < -0.39 is 41.3 Å². The van der Waals surface area contributed by atoms with Crippen LogP contribution in [0.5, 0.6) is 0 Å². The van der Waals surface area contributed by atoms with Gasteiger partial charge in [0.2, 0.25) is 0 Å². The number of Topliss-reactive ketones (excluding diaryl/α,β-unsaturated/α-hetero) is 2. The molecule has 0 amide bonds. The number of carbonyl (C=O) groups excluding carboxylic acids is 3. The van der Waals surface area contributed by atoms with Crippen LogP contribution in [0.15, 0.2) is 30.3 Å². The molecule has 1 aromatic rings. The van der Waals surface area contributed by atoms with Crippen LogP contribution in [0.2, 0.25) is 0 Å². The Morgan fingerprint density at radius 3 is 2.00 bits per heavy atom. The molecule has 1 N–H and O–H groups in total. The van der Waals surface area contributed by atoms with Crippen LogP contribution in [0.25, 0.3) is 0 Å². The number of carboxylic acid groups (broad SMARTS) is 1. The molecule has 0 saturated carbocycles. The average molecular weight is 320 g/mol. The van der Waals surface area contributed by atoms with Crippen LogP contribution in [0.4, 0.5) is 0 Å². The number of esters is 1. The number of carboxylic acids is 1. The molecule has 124 valence electrons. The Labute approximate surface area is 134 Å². The molecule has 0 aliphatic carbocycles. The van der Waals surface area contributed by atoms with Gasteiger partial charge in [0.25, 0.3) is 0 Å². The molecule has 6 nitrogen and oxygen atoms in total. The van der Waals surface area contributed by atoms with E-state index in [9.17, 15) is 24.3 Å². The number of ether oxygens (including phenoxy) is 1. The largest absolute Gasteiger partial charge is 0.481 e. The first-order chi connectivity index (χ1) is 10.8. The molecule has 23 heavy (non-hydrogen) atoms. The molecular weight excluding hydrogens is 300 g/mol. The number of carbonyl (C=O) groups is 4. The molecule has 0 aliphatic heterocycles. The van der Waals surface area contributed by atoms with Crippen molar-refractivity contribution in [1.29, 1.82) is 0 Å². The molecule has 1 unspecified atom stereocenters. The van der Waals surface area contributed by atoms with E-state index in [0.29, 0.717) is 5.56 Å². The third-order valence-corrected chi connectivity index (χ3v) is 3.81. The lowest BCUT2D eigenvalue weighted by molar-refractivity contribution is -0.165. The van der Waals surface area contributed by atoms with Crippen LogP contribution in [0, 0.1) is 5.41 Å². The van der Waals surface area contributed by atoms with Crippen molar-refractivity contribution in [3.63, 3.8) is 0 Å². The minimum absolute atomic E-state index is 0.0181. The van der Waals surface area contributed by atoms with E-state index in [-0.39, 0.29) is 6.61 Å². The van der Waals surface area contributed by atoms with E-state index in [1.54, 1.807) is 37.3 Å². The van der Waals surface area contributed by atoms with E-state index >= 15 is 0 Å². The first-order valence-electron chi connectivity index (χ1n) is 7.24. The van der Waals surface area contributed by atoms with E-state index in [4.69, 9.17) is 4.74 Å². The number of hydrogen-bond acceptors (Lipinski definition) is 5. The zero-order valence-electron chi connectivity index (χ0n) is 13.4. The summed E-state index contributed by atoms with van der Waals surface area (Å²) in [5, 5.41) is 9.21. The summed E-state index contributed by atoms with van der Waals surface area (Å²) in [7, 11) is 0. The van der Waals surface area contributed by atoms with Crippen LogP contribution in [0.1, 0.15) is 38.7 Å². The maximum Gasteiger partial charge on any atom is 0.327 e. The molecule has 0 saturated heterocycles. The summed E-state index contributed by atoms with van der Waals surface area (Å²) in [6.45, 7) is 3.75. The number of hydrogen-bond donors (Lipinski definition) is 1. The fourth-order valence-electron chi connectivity index (χ4n) is 2.79. The van der Waals surface area contributed by atoms with Crippen molar-refractivity contribution in [2.75, 3.05) is 6.61 Å². The van der Waals surface area contributed by atoms with Gasteiger partial charge in [0.15, 0.2) is 17.0 Å². The highest BCUT2D eigenvalue weighted by atomic mass is 16.5. The molecule has 0 spiro atoms. The van der Waals surface area contributed by atoms with E-state index in [0.717, 1.165) is 13.8 Å². The monoisotopic (exact) mass is 320 g/mol. The summed E-state index contributed by atoms with van der Waals surface area (Å²) in [5.41, 5.74) is -1.73. The van der Waals surface area contributed by atoms with E-state index in [1.807, 2.05) is 0 Å². The van der Waals surface area contributed by atoms with Crippen molar-refractivity contribution in [2.24, 2.45) is 5.41 Å². The van der Waals surface area contributed by atoms with Crippen molar-refractivity contribution < 1.29 is 29.0 Å². The zero-order chi connectivity index (χ0) is 17.6. The van der Waals surface area contributed by atoms with Gasteiger partial charge < -0.3 is 9.84 Å². The van der Waals surface area contributed by atoms with Crippen LogP contribution >= 0.6 is 0 Å². The van der Waals surface area contributed by atoms with Crippen molar-refractivity contribution in [2.45, 2.75) is 33.1 Å². The van der Waals surface area contributed by atoms with Gasteiger partial charge in [-0.15, -0.1) is 0 Å². The van der Waals surface area contributed by atoms with Crippen LogP contribution in [-0.2, 0) is 23.9 Å². The number of ketones is 2. The SMILES string of the molecule is CCOC(=O)C(C(C)=O)(C(C)=O)C(CC(=O)O)c1ccccc1. The Kier molecular flexibility index (Phi) is 6.18. The standard InChI is InChI=1S/C17H20O6/c1-4-23-16(22)17(11(2)18,12(3)19)14(10-15(20)21)13-8-6-5-7-9-13/h5-9,14H,4,10H2,1-3H3,(H,20,21). The molecule has 0 heterocycles. The lowest BCUT2D eigenvalue weighted by atomic mass is 9.65. The summed E-state index contributed by atoms with van der Waals surface area (Å²) in [5.74, 6) is -4.79. The molecular formula is C17H20O6. The molecule has 1 rings (SSSR count). The first kappa shape index (κ1) is 18.5. The molecule has 1 atom stereocenters. The lowest BCUT2D eigenvalue weighted by Crippen LogP contribution is -2.50. The van der Waals surface area contributed by atoms with Crippen molar-refractivity contribution in [1.82, 2.24) is 0 Å². The Morgan fingerprint density at radius 2 is 1.61 bits per heavy atom. The second-order valence-electron chi connectivity index (χ2n) is 5.20. The molecule has 0 bridgehead atoms. The second kappa shape index (κ2) is 7.67. The number of rotatable bonds is 8. The number of benzene rings is 1. The summed E-state index contributed by atoms with van der Waals surface area (Å²) in [4.78, 5) is 48.4. The molecule has 1 aromatic carbocycles. The molecule has 0 aromatic heterocycles. The lowest BCUT2D eigenvalue weighted by Gasteiger charge is -2.34. The van der Waals surface area contributed by atoms with Gasteiger partial charge in [0.1, 0.15) is 0 Å². The summed E-state index contributed by atoms with van der Waals surface area (Å²) < 4.78 is 4.94. The van der Waals surface area contributed by atoms with Gasteiger partial charge in [-0.2, -0.15) is 0 Å². The highest BCUT2D eigenvalue weighted by Crippen LogP contribution is 2.42. The Morgan fingerprint density at radius 1 is 1.09 bits per heavy atom. The maximum absolute atomic E-state index is 12.5. The predicted octanol–water partition coefficient (Wildman–Crippen LogP) is 1.97.